The molecule has 3 aromatic rings. The van der Waals surface area contributed by atoms with Crippen molar-refractivity contribution in [2.45, 2.75) is 0 Å². The fourth-order valence-electron chi connectivity index (χ4n) is 2.15. The highest BCUT2D eigenvalue weighted by molar-refractivity contribution is 7.17. The molecule has 1 aromatic heterocycles. The molecule has 9 nitrogen and oxygen atoms in total. The summed E-state index contributed by atoms with van der Waals surface area (Å²) in [4.78, 5) is 36.7. The predicted octanol–water partition coefficient (Wildman–Crippen LogP) is 4.02. The summed E-state index contributed by atoms with van der Waals surface area (Å²) >= 11 is 7.27. The van der Waals surface area contributed by atoms with Crippen molar-refractivity contribution in [3.8, 4) is 0 Å². The standard InChI is InChI=1S/C14H7ClN4O5S/c15-10-1-2-11(13-12(10)16-6-25-13)17-14(20)7-3-8(18(21)22)5-9(4-7)19(23)24/h1-6H,(H,17,20). The van der Waals surface area contributed by atoms with Gasteiger partial charge in [-0.1, -0.05) is 11.6 Å². The zero-order valence-electron chi connectivity index (χ0n) is 12.1. The molecule has 0 fully saturated rings. The van der Waals surface area contributed by atoms with Gasteiger partial charge < -0.3 is 5.32 Å². The number of non-ortho nitro benzene ring substituents is 2. The molecule has 0 saturated carbocycles. The van der Waals surface area contributed by atoms with E-state index in [4.69, 9.17) is 11.6 Å². The molecule has 11 heteroatoms. The summed E-state index contributed by atoms with van der Waals surface area (Å²) in [6.45, 7) is 0. The average Bonchev–Trinajstić information content (AvgIpc) is 3.07. The second-order valence-corrected chi connectivity index (χ2v) is 6.09. The number of nitrogens with zero attached hydrogens (tertiary/aromatic N) is 3. The van der Waals surface area contributed by atoms with Gasteiger partial charge in [0, 0.05) is 12.1 Å². The number of nitrogens with one attached hydrogen (secondary N) is 1. The molecule has 0 aliphatic carbocycles. The second kappa shape index (κ2) is 6.42. The van der Waals surface area contributed by atoms with Crippen molar-refractivity contribution in [3.05, 3.63) is 66.7 Å². The molecule has 0 atom stereocenters. The predicted molar refractivity (Wildman–Crippen MR) is 92.3 cm³/mol. The summed E-state index contributed by atoms with van der Waals surface area (Å²) in [6.07, 6.45) is 0. The normalized spacial score (nSPS) is 10.6. The van der Waals surface area contributed by atoms with Gasteiger partial charge in [-0.3, -0.25) is 25.0 Å². The van der Waals surface area contributed by atoms with Crippen molar-refractivity contribution >= 4 is 56.1 Å². The number of hydrogen-bond acceptors (Lipinski definition) is 7. The molecule has 1 amide bonds. The van der Waals surface area contributed by atoms with Crippen LogP contribution in [0.3, 0.4) is 0 Å². The quantitative estimate of drug-likeness (QED) is 0.539. The van der Waals surface area contributed by atoms with E-state index in [1.165, 1.54) is 11.3 Å². The van der Waals surface area contributed by atoms with E-state index in [9.17, 15) is 25.0 Å². The number of anilines is 1. The molecule has 0 bridgehead atoms. The number of benzene rings is 2. The van der Waals surface area contributed by atoms with E-state index in [-0.39, 0.29) is 5.56 Å². The second-order valence-electron chi connectivity index (χ2n) is 4.83. The maximum atomic E-state index is 12.4. The lowest BCUT2D eigenvalue weighted by Crippen LogP contribution is -2.12. The third-order valence-corrected chi connectivity index (χ3v) is 4.43. The first kappa shape index (κ1) is 16.7. The van der Waals surface area contributed by atoms with Crippen molar-refractivity contribution in [2.75, 3.05) is 5.32 Å². The number of carbonyl (C=O) groups excluding carboxylic acids is 1. The number of nitro groups is 2. The van der Waals surface area contributed by atoms with Gasteiger partial charge in [0.25, 0.3) is 17.3 Å². The lowest BCUT2D eigenvalue weighted by Gasteiger charge is -2.07. The van der Waals surface area contributed by atoms with Crippen LogP contribution >= 0.6 is 22.9 Å². The number of fused-ring (bicyclic) bond motifs is 1. The Balaban J connectivity index is 2.00. The fourth-order valence-corrected chi connectivity index (χ4v) is 3.19. The highest BCUT2D eigenvalue weighted by Gasteiger charge is 2.20. The summed E-state index contributed by atoms with van der Waals surface area (Å²) in [5.41, 5.74) is 1.19. The van der Waals surface area contributed by atoms with Crippen LogP contribution in [0, 0.1) is 20.2 Å². The number of rotatable bonds is 4. The highest BCUT2D eigenvalue weighted by atomic mass is 35.5. The number of carbonyl (C=O) groups is 1. The Morgan fingerprint density at radius 3 is 2.36 bits per heavy atom. The minimum atomic E-state index is -0.798. The van der Waals surface area contributed by atoms with Crippen LogP contribution in [0.25, 0.3) is 10.2 Å². The third-order valence-electron chi connectivity index (χ3n) is 3.27. The number of hydrogen-bond donors (Lipinski definition) is 1. The lowest BCUT2D eigenvalue weighted by molar-refractivity contribution is -0.394. The zero-order chi connectivity index (χ0) is 18.1. The summed E-state index contributed by atoms with van der Waals surface area (Å²) in [5, 5.41) is 24.8. The largest absolute Gasteiger partial charge is 0.321 e. The molecule has 25 heavy (non-hydrogen) atoms. The Morgan fingerprint density at radius 2 is 1.76 bits per heavy atom. The first-order valence-electron chi connectivity index (χ1n) is 6.63. The monoisotopic (exact) mass is 378 g/mol. The Hall–Kier alpha value is -3.11. The topological polar surface area (TPSA) is 128 Å². The Kier molecular flexibility index (Phi) is 4.30. The Bertz CT molecular complexity index is 1000. The first-order chi connectivity index (χ1) is 11.9. The first-order valence-corrected chi connectivity index (χ1v) is 7.89. The van der Waals surface area contributed by atoms with E-state index in [2.05, 4.69) is 10.3 Å². The minimum Gasteiger partial charge on any atom is -0.321 e. The third kappa shape index (κ3) is 3.25. The zero-order valence-corrected chi connectivity index (χ0v) is 13.7. The van der Waals surface area contributed by atoms with Gasteiger partial charge in [0.05, 0.1) is 42.4 Å². The van der Waals surface area contributed by atoms with E-state index >= 15 is 0 Å². The summed E-state index contributed by atoms with van der Waals surface area (Å²) in [7, 11) is 0. The van der Waals surface area contributed by atoms with Gasteiger partial charge in [-0.05, 0) is 12.1 Å². The van der Waals surface area contributed by atoms with Crippen LogP contribution in [0.2, 0.25) is 5.02 Å². The van der Waals surface area contributed by atoms with E-state index in [1.54, 1.807) is 17.6 Å². The van der Waals surface area contributed by atoms with Crippen LogP contribution in [-0.2, 0) is 0 Å². The molecule has 1 N–H and O–H groups in total. The molecule has 2 aromatic carbocycles. The molecular formula is C14H7ClN4O5S. The molecule has 0 aliphatic rings. The van der Waals surface area contributed by atoms with Crippen molar-refractivity contribution in [1.29, 1.82) is 0 Å². The number of aromatic nitrogens is 1. The van der Waals surface area contributed by atoms with Crippen LogP contribution < -0.4 is 5.32 Å². The maximum Gasteiger partial charge on any atom is 0.277 e. The van der Waals surface area contributed by atoms with Gasteiger partial charge in [0.2, 0.25) is 0 Å². The minimum absolute atomic E-state index is 0.200. The van der Waals surface area contributed by atoms with Gasteiger partial charge in [0.1, 0.15) is 5.52 Å². The van der Waals surface area contributed by atoms with E-state index in [0.717, 1.165) is 18.2 Å². The van der Waals surface area contributed by atoms with Crippen molar-refractivity contribution < 1.29 is 14.6 Å². The van der Waals surface area contributed by atoms with Crippen LogP contribution in [0.4, 0.5) is 17.1 Å². The molecule has 1 heterocycles. The van der Waals surface area contributed by atoms with Crippen molar-refractivity contribution in [1.82, 2.24) is 4.98 Å². The van der Waals surface area contributed by atoms with E-state index in [0.29, 0.717) is 20.9 Å². The average molecular weight is 379 g/mol. The highest BCUT2D eigenvalue weighted by Crippen LogP contribution is 2.32. The summed E-state index contributed by atoms with van der Waals surface area (Å²) in [6, 6.07) is 5.85. The molecule has 0 aliphatic heterocycles. The number of nitro benzene ring substituents is 2. The van der Waals surface area contributed by atoms with Gasteiger partial charge in [0.15, 0.2) is 0 Å². The molecule has 0 radical (unpaired) electrons. The van der Waals surface area contributed by atoms with Crippen LogP contribution in [-0.4, -0.2) is 20.7 Å². The lowest BCUT2D eigenvalue weighted by atomic mass is 10.1. The SMILES string of the molecule is O=C(Nc1ccc(Cl)c2ncsc12)c1cc([N+](=O)[O-])cc([N+](=O)[O-])c1. The van der Waals surface area contributed by atoms with E-state index < -0.39 is 27.1 Å². The molecule has 0 saturated heterocycles. The number of halogens is 1. The molecule has 0 unspecified atom stereocenters. The van der Waals surface area contributed by atoms with Gasteiger partial charge in [-0.25, -0.2) is 4.98 Å². The molecular weight excluding hydrogens is 372 g/mol. The molecule has 126 valence electrons. The Morgan fingerprint density at radius 1 is 1.12 bits per heavy atom. The fraction of sp³-hybridized carbons (Fsp3) is 0. The maximum absolute atomic E-state index is 12.4. The van der Waals surface area contributed by atoms with Crippen molar-refractivity contribution in [3.63, 3.8) is 0 Å². The van der Waals surface area contributed by atoms with Crippen LogP contribution in [0.5, 0.6) is 0 Å². The van der Waals surface area contributed by atoms with Crippen LogP contribution in [0.15, 0.2) is 35.8 Å². The number of thiazole rings is 1. The van der Waals surface area contributed by atoms with E-state index in [1.807, 2.05) is 0 Å². The van der Waals surface area contributed by atoms with Gasteiger partial charge in [-0.2, -0.15) is 0 Å². The Labute approximate surface area is 148 Å². The van der Waals surface area contributed by atoms with Gasteiger partial charge >= 0.3 is 0 Å². The summed E-state index contributed by atoms with van der Waals surface area (Å²) in [5.74, 6) is -0.719. The summed E-state index contributed by atoms with van der Waals surface area (Å²) < 4.78 is 0.626. The van der Waals surface area contributed by atoms with Crippen LogP contribution in [0.1, 0.15) is 10.4 Å². The molecule has 0 spiro atoms. The number of amides is 1. The smallest absolute Gasteiger partial charge is 0.277 e. The van der Waals surface area contributed by atoms with Gasteiger partial charge in [-0.15, -0.1) is 11.3 Å². The molecule has 3 rings (SSSR count). The van der Waals surface area contributed by atoms with Crippen molar-refractivity contribution in [2.24, 2.45) is 0 Å².